The average Bonchev–Trinajstić information content (AvgIpc) is 3.46. The van der Waals surface area contributed by atoms with Crippen LogP contribution in [-0.4, -0.2) is 55.9 Å². The molecule has 74 heavy (non-hydrogen) atoms. The van der Waals surface area contributed by atoms with E-state index in [1.54, 1.807) is 24.3 Å². The Morgan fingerprint density at radius 2 is 0.811 bits per heavy atom. The number of hydrogen-bond donors (Lipinski definition) is 2. The Labute approximate surface area is 436 Å². The third-order valence-corrected chi connectivity index (χ3v) is 12.9. The van der Waals surface area contributed by atoms with Crippen LogP contribution >= 0.6 is 0 Å². The molecule has 9 heteroatoms. The summed E-state index contributed by atoms with van der Waals surface area (Å²) in [6.45, 7) is 3.37. The van der Waals surface area contributed by atoms with Crippen LogP contribution in [0.25, 0.3) is 0 Å². The van der Waals surface area contributed by atoms with E-state index in [4.69, 9.17) is 23.7 Å². The number of rotatable bonds is 28. The lowest BCUT2D eigenvalue weighted by Crippen LogP contribution is -2.57. The summed E-state index contributed by atoms with van der Waals surface area (Å²) in [5.41, 5.74) is 5.90. The van der Waals surface area contributed by atoms with E-state index in [1.165, 1.54) is 0 Å². The standard InChI is InChI=1S/C65H66N2O7/c1-2-3-43-66-63(68)57-41-25-26-42-58(57)64(69)67-59(48-70-44-50-27-11-4-12-28-50)61(72-46-52-31-15-6-16-32-52)62(73-47-53-33-17-7-18-34-53)60(71-45-51-29-13-5-14-30-51)49-74-65(54-35-19-8-20-36-54,55-37-21-9-22-38-55)56-39-23-10-24-40-56/h4-42,59-62H,2-3,43-49H2,1H3,(H,66,68)(H,67,69)/t59-,60-,61+,62+/m0/s1. The molecule has 0 saturated heterocycles. The molecule has 378 valence electrons. The molecule has 0 aliphatic heterocycles. The van der Waals surface area contributed by atoms with Crippen molar-refractivity contribution in [2.24, 2.45) is 0 Å². The summed E-state index contributed by atoms with van der Waals surface area (Å²) in [5, 5.41) is 6.33. The third-order valence-electron chi connectivity index (χ3n) is 12.9. The molecule has 0 fully saturated rings. The van der Waals surface area contributed by atoms with Gasteiger partial charge in [0, 0.05) is 6.54 Å². The van der Waals surface area contributed by atoms with Gasteiger partial charge in [0.25, 0.3) is 11.8 Å². The van der Waals surface area contributed by atoms with Crippen molar-refractivity contribution in [2.75, 3.05) is 19.8 Å². The summed E-state index contributed by atoms with van der Waals surface area (Å²) in [7, 11) is 0. The van der Waals surface area contributed by atoms with Gasteiger partial charge < -0.3 is 34.3 Å². The van der Waals surface area contributed by atoms with Crippen molar-refractivity contribution >= 4 is 11.8 Å². The lowest BCUT2D eigenvalue weighted by atomic mass is 9.80. The topological polar surface area (TPSA) is 104 Å². The smallest absolute Gasteiger partial charge is 0.252 e. The van der Waals surface area contributed by atoms with Crippen LogP contribution in [0.2, 0.25) is 0 Å². The monoisotopic (exact) mass is 986 g/mol. The van der Waals surface area contributed by atoms with Crippen molar-refractivity contribution in [3.05, 3.63) is 287 Å². The van der Waals surface area contributed by atoms with Crippen LogP contribution < -0.4 is 10.6 Å². The fourth-order valence-corrected chi connectivity index (χ4v) is 9.07. The maximum absolute atomic E-state index is 15.0. The van der Waals surface area contributed by atoms with Crippen LogP contribution in [0, 0.1) is 0 Å². The SMILES string of the molecule is CCCCNC(=O)c1ccccc1C(=O)N[C@@H](COCc1ccccc1)[C@@H](OCc1ccccc1)[C@H](OCc1ccccc1)[C@H](COC(c1ccccc1)(c1ccccc1)c1ccccc1)OCc1ccccc1. The molecule has 2 N–H and O–H groups in total. The van der Waals surface area contributed by atoms with E-state index >= 15 is 4.79 Å². The molecule has 0 aromatic heterocycles. The van der Waals surface area contributed by atoms with Crippen LogP contribution in [0.1, 0.15) is 79.4 Å². The number of carbonyl (C=O) groups is 2. The predicted molar refractivity (Wildman–Crippen MR) is 291 cm³/mol. The van der Waals surface area contributed by atoms with Crippen LogP contribution in [0.15, 0.2) is 237 Å². The van der Waals surface area contributed by atoms with Crippen LogP contribution in [0.3, 0.4) is 0 Å². The fraction of sp³-hybridized carbons (Fsp3) is 0.231. The van der Waals surface area contributed by atoms with Crippen molar-refractivity contribution in [1.82, 2.24) is 10.6 Å². The molecule has 8 aromatic rings. The molecule has 0 aliphatic rings. The Balaban J connectivity index is 1.27. The minimum absolute atomic E-state index is 0.00245. The summed E-state index contributed by atoms with van der Waals surface area (Å²) >= 11 is 0. The summed E-state index contributed by atoms with van der Waals surface area (Å²) in [5.74, 6) is -0.795. The molecule has 0 spiro atoms. The molecule has 0 saturated carbocycles. The first kappa shape index (κ1) is 52.8. The Morgan fingerprint density at radius 1 is 0.432 bits per heavy atom. The van der Waals surface area contributed by atoms with E-state index in [-0.39, 0.29) is 56.7 Å². The number of unbranched alkanes of at least 4 members (excludes halogenated alkanes) is 1. The molecule has 4 atom stereocenters. The number of ether oxygens (including phenoxy) is 5. The highest BCUT2D eigenvalue weighted by Crippen LogP contribution is 2.41. The first-order valence-electron chi connectivity index (χ1n) is 25.6. The van der Waals surface area contributed by atoms with Gasteiger partial charge in [-0.3, -0.25) is 9.59 Å². The first-order valence-corrected chi connectivity index (χ1v) is 25.6. The predicted octanol–water partition coefficient (Wildman–Crippen LogP) is 12.3. The van der Waals surface area contributed by atoms with Crippen LogP contribution in [-0.2, 0) is 55.7 Å². The highest BCUT2D eigenvalue weighted by atomic mass is 16.6. The van der Waals surface area contributed by atoms with E-state index in [1.807, 2.05) is 176 Å². The van der Waals surface area contributed by atoms with Crippen molar-refractivity contribution in [2.45, 2.75) is 76.1 Å². The Bertz CT molecular complexity index is 2760. The summed E-state index contributed by atoms with van der Waals surface area (Å²) in [6.07, 6.45) is -1.00. The second-order valence-electron chi connectivity index (χ2n) is 18.2. The van der Waals surface area contributed by atoms with Crippen molar-refractivity contribution in [3.8, 4) is 0 Å². The molecule has 0 radical (unpaired) electrons. The molecule has 8 aromatic carbocycles. The van der Waals surface area contributed by atoms with Gasteiger partial charge >= 0.3 is 0 Å². The van der Waals surface area contributed by atoms with E-state index in [0.29, 0.717) is 6.54 Å². The molecule has 0 bridgehead atoms. The molecule has 0 unspecified atom stereocenters. The zero-order valence-electron chi connectivity index (χ0n) is 42.0. The second-order valence-corrected chi connectivity index (χ2v) is 18.2. The Kier molecular flexibility index (Phi) is 20.0. The Hall–Kier alpha value is -7.50. The third kappa shape index (κ3) is 14.6. The van der Waals surface area contributed by atoms with Gasteiger partial charge in [0.1, 0.15) is 23.9 Å². The van der Waals surface area contributed by atoms with Crippen molar-refractivity contribution in [1.29, 1.82) is 0 Å². The molecular formula is C65H66N2O7. The maximum atomic E-state index is 15.0. The van der Waals surface area contributed by atoms with Gasteiger partial charge in [-0.2, -0.15) is 0 Å². The summed E-state index contributed by atoms with van der Waals surface area (Å²) < 4.78 is 35.9. The highest BCUT2D eigenvalue weighted by molar-refractivity contribution is 6.07. The average molecular weight is 987 g/mol. The van der Waals surface area contributed by atoms with Crippen molar-refractivity contribution < 1.29 is 33.3 Å². The zero-order valence-corrected chi connectivity index (χ0v) is 42.0. The van der Waals surface area contributed by atoms with Gasteiger partial charge in [-0.05, 0) is 57.5 Å². The minimum atomic E-state index is -1.11. The van der Waals surface area contributed by atoms with Crippen LogP contribution in [0.5, 0.6) is 0 Å². The molecular weight excluding hydrogens is 921 g/mol. The second kappa shape index (κ2) is 28.1. The summed E-state index contributed by atoms with van der Waals surface area (Å²) in [4.78, 5) is 28.8. The highest BCUT2D eigenvalue weighted by Gasteiger charge is 2.43. The largest absolute Gasteiger partial charge is 0.375 e. The van der Waals surface area contributed by atoms with Crippen LogP contribution in [0.4, 0.5) is 0 Å². The lowest BCUT2D eigenvalue weighted by molar-refractivity contribution is -0.185. The normalized spacial score (nSPS) is 13.0. The van der Waals surface area contributed by atoms with Gasteiger partial charge in [-0.15, -0.1) is 0 Å². The van der Waals surface area contributed by atoms with E-state index in [9.17, 15) is 4.79 Å². The molecule has 9 nitrogen and oxygen atoms in total. The molecule has 0 aliphatic carbocycles. The van der Waals surface area contributed by atoms with Gasteiger partial charge in [0.05, 0.1) is 56.8 Å². The number of amides is 2. The zero-order chi connectivity index (χ0) is 51.1. The van der Waals surface area contributed by atoms with E-state index < -0.39 is 35.9 Å². The van der Waals surface area contributed by atoms with E-state index in [2.05, 4.69) is 54.0 Å². The minimum Gasteiger partial charge on any atom is -0.375 e. The van der Waals surface area contributed by atoms with Gasteiger partial charge in [0.2, 0.25) is 0 Å². The number of carbonyl (C=O) groups excluding carboxylic acids is 2. The van der Waals surface area contributed by atoms with Gasteiger partial charge in [-0.1, -0.05) is 238 Å². The fourth-order valence-electron chi connectivity index (χ4n) is 9.07. The molecule has 0 heterocycles. The number of nitrogens with one attached hydrogen (secondary N) is 2. The summed E-state index contributed by atoms with van der Waals surface area (Å²) in [6, 6.07) is 76.5. The Morgan fingerprint density at radius 3 is 1.26 bits per heavy atom. The van der Waals surface area contributed by atoms with Gasteiger partial charge in [-0.25, -0.2) is 0 Å². The number of hydrogen-bond acceptors (Lipinski definition) is 7. The lowest BCUT2D eigenvalue weighted by Gasteiger charge is -2.41. The van der Waals surface area contributed by atoms with Crippen molar-refractivity contribution in [3.63, 3.8) is 0 Å². The first-order chi connectivity index (χ1) is 36.5. The number of benzene rings is 8. The van der Waals surface area contributed by atoms with Gasteiger partial charge in [0.15, 0.2) is 0 Å². The molecule has 2 amide bonds. The maximum Gasteiger partial charge on any atom is 0.252 e. The quantitative estimate of drug-likeness (QED) is 0.0372. The van der Waals surface area contributed by atoms with E-state index in [0.717, 1.165) is 51.8 Å². The molecule has 8 rings (SSSR count).